The number of amides is 1. The van der Waals surface area contributed by atoms with Crippen molar-refractivity contribution in [2.24, 2.45) is 0 Å². The number of rotatable bonds is 6. The molecule has 0 radical (unpaired) electrons. The molecule has 0 bridgehead atoms. The molecule has 1 fully saturated rings. The van der Waals surface area contributed by atoms with Gasteiger partial charge in [0, 0.05) is 18.7 Å². The van der Waals surface area contributed by atoms with Crippen molar-refractivity contribution in [3.05, 3.63) is 59.1 Å². The zero-order chi connectivity index (χ0) is 25.4. The number of carbonyl (C=O) groups is 1. The first-order chi connectivity index (χ1) is 16.5. The van der Waals surface area contributed by atoms with Crippen molar-refractivity contribution in [1.29, 1.82) is 0 Å². The molecule has 4 rings (SSSR count). The van der Waals surface area contributed by atoms with E-state index in [1.54, 1.807) is 18.0 Å². The lowest BCUT2D eigenvalue weighted by Crippen LogP contribution is -2.38. The minimum atomic E-state index is -3.07. The Bertz CT molecular complexity index is 1330. The van der Waals surface area contributed by atoms with Crippen molar-refractivity contribution in [1.82, 2.24) is 19.7 Å². The van der Waals surface area contributed by atoms with Gasteiger partial charge in [-0.05, 0) is 29.5 Å². The monoisotopic (exact) mass is 532 g/mol. The lowest BCUT2D eigenvalue weighted by molar-refractivity contribution is -0.128. The molecular weight excluding hydrogens is 504 g/mol. The van der Waals surface area contributed by atoms with Gasteiger partial charge in [0.05, 0.1) is 28.0 Å². The third-order valence-electron chi connectivity index (χ3n) is 6.21. The highest BCUT2D eigenvalue weighted by molar-refractivity contribution is 7.99. The maximum atomic E-state index is 12.9. The highest BCUT2D eigenvalue weighted by Gasteiger charge is 2.33. The van der Waals surface area contributed by atoms with E-state index < -0.39 is 9.84 Å². The molecule has 1 amide bonds. The molecule has 0 spiro atoms. The van der Waals surface area contributed by atoms with Gasteiger partial charge < -0.3 is 4.90 Å². The molecule has 1 atom stereocenters. The summed E-state index contributed by atoms with van der Waals surface area (Å²) >= 11 is 7.80. The summed E-state index contributed by atoms with van der Waals surface area (Å²) in [6, 6.07) is 15.4. The van der Waals surface area contributed by atoms with Gasteiger partial charge in [0.25, 0.3) is 0 Å². The summed E-state index contributed by atoms with van der Waals surface area (Å²) in [6.45, 7) is 6.49. The van der Waals surface area contributed by atoms with Crippen molar-refractivity contribution < 1.29 is 13.2 Å². The molecular formula is C25H29ClN4O3S2. The lowest BCUT2D eigenvalue weighted by atomic mass is 9.87. The second-order valence-electron chi connectivity index (χ2n) is 9.77. The molecule has 1 aliphatic rings. The van der Waals surface area contributed by atoms with E-state index in [4.69, 9.17) is 11.6 Å². The molecule has 35 heavy (non-hydrogen) atoms. The van der Waals surface area contributed by atoms with Gasteiger partial charge in [-0.2, -0.15) is 0 Å². The largest absolute Gasteiger partial charge is 0.341 e. The molecule has 0 aliphatic carbocycles. The summed E-state index contributed by atoms with van der Waals surface area (Å²) in [5.41, 5.74) is 2.85. The van der Waals surface area contributed by atoms with Gasteiger partial charge in [-0.3, -0.25) is 9.36 Å². The number of nitrogens with zero attached hydrogens (tertiary/aromatic N) is 4. The maximum Gasteiger partial charge on any atom is 0.233 e. The van der Waals surface area contributed by atoms with Crippen LogP contribution in [0.2, 0.25) is 5.02 Å². The second-order valence-corrected chi connectivity index (χ2v) is 13.3. The van der Waals surface area contributed by atoms with Gasteiger partial charge in [-0.15, -0.1) is 10.2 Å². The van der Waals surface area contributed by atoms with Crippen molar-refractivity contribution in [2.45, 2.75) is 43.8 Å². The zero-order valence-corrected chi connectivity index (χ0v) is 22.6. The second kappa shape index (κ2) is 9.95. The Labute approximate surface area is 215 Å². The normalized spacial score (nSPS) is 17.5. The molecule has 1 unspecified atom stereocenters. The predicted octanol–water partition coefficient (Wildman–Crippen LogP) is 4.62. The van der Waals surface area contributed by atoms with E-state index >= 15 is 0 Å². The van der Waals surface area contributed by atoms with E-state index in [-0.39, 0.29) is 34.6 Å². The number of hydrogen-bond donors (Lipinski definition) is 0. The van der Waals surface area contributed by atoms with E-state index in [1.165, 1.54) is 17.3 Å². The van der Waals surface area contributed by atoms with Crippen LogP contribution in [0.25, 0.3) is 17.1 Å². The molecule has 186 valence electrons. The molecule has 1 aliphatic heterocycles. The van der Waals surface area contributed by atoms with Crippen molar-refractivity contribution in [3.63, 3.8) is 0 Å². The molecule has 2 heterocycles. The van der Waals surface area contributed by atoms with Crippen LogP contribution in [0.4, 0.5) is 0 Å². The molecule has 1 aromatic heterocycles. The standard InChI is InChI=1S/C25H29ClN4O3S2/c1-25(2,3)18-11-9-17(10-12-18)23-27-28-24(30(23)21-8-6-5-7-20(21)26)34-15-22(31)29(4)19-13-14-35(32,33)16-19/h5-12,19H,13-16H2,1-4H3. The number of hydrogen-bond acceptors (Lipinski definition) is 6. The van der Waals surface area contributed by atoms with Crippen LogP contribution in [0, 0.1) is 0 Å². The summed E-state index contributed by atoms with van der Waals surface area (Å²) in [5.74, 6) is 0.731. The number of thioether (sulfide) groups is 1. The van der Waals surface area contributed by atoms with Crippen molar-refractivity contribution >= 4 is 39.1 Å². The van der Waals surface area contributed by atoms with Crippen molar-refractivity contribution in [2.75, 3.05) is 24.3 Å². The Morgan fingerprint density at radius 3 is 2.43 bits per heavy atom. The third kappa shape index (κ3) is 5.73. The van der Waals surface area contributed by atoms with Gasteiger partial charge in [-0.25, -0.2) is 8.42 Å². The Morgan fingerprint density at radius 2 is 1.83 bits per heavy atom. The maximum absolute atomic E-state index is 12.9. The molecule has 1 saturated heterocycles. The van der Waals surface area contributed by atoms with E-state index in [2.05, 4.69) is 43.1 Å². The number of sulfone groups is 1. The first kappa shape index (κ1) is 25.7. The predicted molar refractivity (Wildman–Crippen MR) is 141 cm³/mol. The first-order valence-corrected chi connectivity index (χ1v) is 14.5. The lowest BCUT2D eigenvalue weighted by Gasteiger charge is -2.23. The van der Waals surface area contributed by atoms with E-state index in [0.29, 0.717) is 22.4 Å². The highest BCUT2D eigenvalue weighted by Crippen LogP contribution is 2.33. The van der Waals surface area contributed by atoms with Crippen LogP contribution in [-0.2, 0) is 20.0 Å². The van der Waals surface area contributed by atoms with E-state index in [9.17, 15) is 13.2 Å². The van der Waals surface area contributed by atoms with Crippen LogP contribution in [0.5, 0.6) is 0 Å². The summed E-state index contributed by atoms with van der Waals surface area (Å²) in [6.07, 6.45) is 0.472. The van der Waals surface area contributed by atoms with Crippen LogP contribution < -0.4 is 0 Å². The number of carbonyl (C=O) groups excluding carboxylic acids is 1. The van der Waals surface area contributed by atoms with E-state index in [0.717, 1.165) is 11.3 Å². The van der Waals surface area contributed by atoms with Crippen molar-refractivity contribution in [3.8, 4) is 17.1 Å². The topological polar surface area (TPSA) is 85.2 Å². The molecule has 0 saturated carbocycles. The Kier molecular flexibility index (Phi) is 7.31. The van der Waals surface area contributed by atoms with Gasteiger partial charge in [0.2, 0.25) is 5.91 Å². The summed E-state index contributed by atoms with van der Waals surface area (Å²) in [7, 11) is -1.41. The zero-order valence-electron chi connectivity index (χ0n) is 20.2. The molecule has 7 nitrogen and oxygen atoms in total. The van der Waals surface area contributed by atoms with Gasteiger partial charge in [0.15, 0.2) is 20.8 Å². The minimum Gasteiger partial charge on any atom is -0.341 e. The molecule has 0 N–H and O–H groups in total. The number of aromatic nitrogens is 3. The average Bonchev–Trinajstić information content (AvgIpc) is 3.39. The van der Waals surface area contributed by atoms with Crippen LogP contribution >= 0.6 is 23.4 Å². The summed E-state index contributed by atoms with van der Waals surface area (Å²) < 4.78 is 25.5. The molecule has 3 aromatic rings. The smallest absolute Gasteiger partial charge is 0.233 e. The minimum absolute atomic E-state index is 0.0183. The molecule has 10 heteroatoms. The SMILES string of the molecule is CN(C(=O)CSc1nnc(-c2ccc(C(C)(C)C)cc2)n1-c1ccccc1Cl)C1CCS(=O)(=O)C1. The van der Waals surface area contributed by atoms with Crippen LogP contribution in [0.3, 0.4) is 0 Å². The van der Waals surface area contributed by atoms with Crippen LogP contribution in [0.15, 0.2) is 53.7 Å². The highest BCUT2D eigenvalue weighted by atomic mass is 35.5. The Hall–Kier alpha value is -2.36. The van der Waals surface area contributed by atoms with Crippen LogP contribution in [-0.4, -0.2) is 64.3 Å². The molecule has 2 aromatic carbocycles. The fraction of sp³-hybridized carbons (Fsp3) is 0.400. The van der Waals surface area contributed by atoms with Gasteiger partial charge in [0.1, 0.15) is 0 Å². The fourth-order valence-electron chi connectivity index (χ4n) is 4.03. The number of benzene rings is 2. The quantitative estimate of drug-likeness (QED) is 0.430. The van der Waals surface area contributed by atoms with Crippen LogP contribution in [0.1, 0.15) is 32.8 Å². The van der Waals surface area contributed by atoms with E-state index in [1.807, 2.05) is 34.9 Å². The average molecular weight is 533 g/mol. The Morgan fingerprint density at radius 1 is 1.14 bits per heavy atom. The summed E-state index contributed by atoms with van der Waals surface area (Å²) in [4.78, 5) is 14.4. The first-order valence-electron chi connectivity index (χ1n) is 11.4. The Balaban J connectivity index is 1.62. The number of para-hydroxylation sites is 1. The fourth-order valence-corrected chi connectivity index (χ4v) is 6.90. The number of halogens is 1. The third-order valence-corrected chi connectivity index (χ3v) is 9.19. The van der Waals surface area contributed by atoms with Gasteiger partial charge >= 0.3 is 0 Å². The summed E-state index contributed by atoms with van der Waals surface area (Å²) in [5, 5.41) is 9.91. The van der Waals surface area contributed by atoms with Gasteiger partial charge in [-0.1, -0.05) is 80.5 Å².